The summed E-state index contributed by atoms with van der Waals surface area (Å²) in [6, 6.07) is 0.542. The van der Waals surface area contributed by atoms with Crippen molar-refractivity contribution in [1.29, 1.82) is 0 Å². The van der Waals surface area contributed by atoms with Gasteiger partial charge in [0.1, 0.15) is 0 Å². The summed E-state index contributed by atoms with van der Waals surface area (Å²) in [6.07, 6.45) is 0.505. The van der Waals surface area contributed by atoms with Crippen LogP contribution in [0.5, 0.6) is 0 Å². The average molecular weight is 101 g/mol. The van der Waals surface area contributed by atoms with Crippen molar-refractivity contribution in [3.63, 3.8) is 0 Å². The van der Waals surface area contributed by atoms with Crippen molar-refractivity contribution in [3.05, 3.63) is 0 Å². The van der Waals surface area contributed by atoms with Crippen LogP contribution in [0.1, 0.15) is 6.92 Å². The van der Waals surface area contributed by atoms with Crippen LogP contribution in [0.4, 0.5) is 0 Å². The number of likely N-dealkylation sites (N-methyl/N-ethyl adjacent to an activating group) is 1. The number of nitrogens with one attached hydrogen (secondary N) is 1. The molecule has 0 radical (unpaired) electrons. The van der Waals surface area contributed by atoms with E-state index in [1.165, 1.54) is 0 Å². The fourth-order valence-corrected chi connectivity index (χ4v) is 0.530. The summed E-state index contributed by atoms with van der Waals surface area (Å²) in [5, 5.41) is 3.10. The molecular formula is C5H11NO. The summed E-state index contributed by atoms with van der Waals surface area (Å²) < 4.78 is 5.00. The second-order valence-electron chi connectivity index (χ2n) is 1.95. The molecule has 1 aliphatic rings. The van der Waals surface area contributed by atoms with Crippen LogP contribution in [0.25, 0.3) is 0 Å². The number of rotatable bonds is 2. The van der Waals surface area contributed by atoms with E-state index in [0.29, 0.717) is 12.1 Å². The van der Waals surface area contributed by atoms with Crippen LogP contribution >= 0.6 is 0 Å². The number of ether oxygens (including phenoxy) is 1. The molecule has 0 saturated carbocycles. The van der Waals surface area contributed by atoms with Gasteiger partial charge in [0.15, 0.2) is 0 Å². The first-order chi connectivity index (χ1) is 3.34. The molecule has 0 unspecified atom stereocenters. The van der Waals surface area contributed by atoms with Gasteiger partial charge >= 0.3 is 0 Å². The van der Waals surface area contributed by atoms with Crippen molar-refractivity contribution in [2.24, 2.45) is 0 Å². The van der Waals surface area contributed by atoms with Crippen molar-refractivity contribution in [1.82, 2.24) is 5.32 Å². The summed E-state index contributed by atoms with van der Waals surface area (Å²) in [4.78, 5) is 0. The van der Waals surface area contributed by atoms with Gasteiger partial charge in [-0.2, -0.15) is 0 Å². The third-order valence-corrected chi connectivity index (χ3v) is 1.37. The van der Waals surface area contributed by atoms with Crippen LogP contribution in [0.15, 0.2) is 0 Å². The van der Waals surface area contributed by atoms with E-state index in [9.17, 15) is 0 Å². The van der Waals surface area contributed by atoms with Gasteiger partial charge in [-0.25, -0.2) is 0 Å². The molecule has 1 N–H and O–H groups in total. The SMILES string of the molecule is CN[C@@H](C)[C@@H]1CO1. The fraction of sp³-hybridized carbons (Fsp3) is 1.00. The van der Waals surface area contributed by atoms with Crippen LogP contribution in [0, 0.1) is 0 Å². The Kier molecular flexibility index (Phi) is 1.30. The second-order valence-corrected chi connectivity index (χ2v) is 1.95. The first-order valence-electron chi connectivity index (χ1n) is 2.63. The Bertz CT molecular complexity index is 61.1. The normalized spacial score (nSPS) is 32.6. The molecule has 2 atom stereocenters. The summed E-state index contributed by atoms with van der Waals surface area (Å²) in [5.74, 6) is 0. The maximum absolute atomic E-state index is 5.00. The average Bonchev–Trinajstić information content (AvgIpc) is 2.44. The van der Waals surface area contributed by atoms with Crippen LogP contribution in [-0.4, -0.2) is 25.8 Å². The highest BCUT2D eigenvalue weighted by Crippen LogP contribution is 2.12. The standard InChI is InChI=1S/C5H11NO/c1-4(6-2)5-3-7-5/h4-6H,3H2,1-2H3/t4-,5-/m0/s1. The summed E-state index contributed by atoms with van der Waals surface area (Å²) in [6.45, 7) is 3.07. The number of epoxide rings is 1. The quantitative estimate of drug-likeness (QED) is 0.495. The van der Waals surface area contributed by atoms with Crippen molar-refractivity contribution in [3.8, 4) is 0 Å². The summed E-state index contributed by atoms with van der Waals surface area (Å²) in [5.41, 5.74) is 0. The zero-order chi connectivity index (χ0) is 5.28. The van der Waals surface area contributed by atoms with Crippen LogP contribution in [-0.2, 0) is 4.74 Å². The molecule has 1 fully saturated rings. The maximum atomic E-state index is 5.00. The molecule has 2 nitrogen and oxygen atoms in total. The molecule has 0 aromatic rings. The molecule has 1 aliphatic heterocycles. The van der Waals surface area contributed by atoms with Crippen molar-refractivity contribution in [2.75, 3.05) is 13.7 Å². The Hall–Kier alpha value is -0.0800. The second kappa shape index (κ2) is 1.80. The van der Waals surface area contributed by atoms with Gasteiger partial charge in [-0.1, -0.05) is 0 Å². The zero-order valence-electron chi connectivity index (χ0n) is 4.77. The molecule has 2 heteroatoms. The highest BCUT2D eigenvalue weighted by Gasteiger charge is 2.27. The number of hydrogen-bond acceptors (Lipinski definition) is 2. The number of hydrogen-bond donors (Lipinski definition) is 1. The van der Waals surface area contributed by atoms with Gasteiger partial charge < -0.3 is 10.1 Å². The highest BCUT2D eigenvalue weighted by molar-refractivity contribution is 4.79. The lowest BCUT2D eigenvalue weighted by Crippen LogP contribution is -2.26. The third kappa shape index (κ3) is 1.14. The lowest BCUT2D eigenvalue weighted by Gasteiger charge is -2.02. The monoisotopic (exact) mass is 101 g/mol. The molecule has 0 aliphatic carbocycles. The summed E-state index contributed by atoms with van der Waals surface area (Å²) >= 11 is 0. The lowest BCUT2D eigenvalue weighted by molar-refractivity contribution is 0.362. The Morgan fingerprint density at radius 1 is 1.86 bits per heavy atom. The van der Waals surface area contributed by atoms with Crippen molar-refractivity contribution in [2.45, 2.75) is 19.1 Å². The molecule has 1 saturated heterocycles. The molecule has 42 valence electrons. The van der Waals surface area contributed by atoms with Gasteiger partial charge in [-0.05, 0) is 14.0 Å². The van der Waals surface area contributed by atoms with Gasteiger partial charge in [0.05, 0.1) is 12.7 Å². The van der Waals surface area contributed by atoms with Gasteiger partial charge in [-0.15, -0.1) is 0 Å². The van der Waals surface area contributed by atoms with Crippen molar-refractivity contribution >= 4 is 0 Å². The van der Waals surface area contributed by atoms with E-state index in [0.717, 1.165) is 6.61 Å². The van der Waals surface area contributed by atoms with E-state index in [4.69, 9.17) is 4.74 Å². The van der Waals surface area contributed by atoms with Gasteiger partial charge in [-0.3, -0.25) is 0 Å². The van der Waals surface area contributed by atoms with E-state index in [2.05, 4.69) is 12.2 Å². The Morgan fingerprint density at radius 2 is 2.43 bits per heavy atom. The molecule has 1 heterocycles. The predicted molar refractivity (Wildman–Crippen MR) is 28.3 cm³/mol. The van der Waals surface area contributed by atoms with Crippen LogP contribution < -0.4 is 5.32 Å². The molecule has 0 amide bonds. The minimum Gasteiger partial charge on any atom is -0.371 e. The van der Waals surface area contributed by atoms with E-state index in [1.807, 2.05) is 7.05 Å². The van der Waals surface area contributed by atoms with Crippen LogP contribution in [0.3, 0.4) is 0 Å². The molecule has 0 bridgehead atoms. The van der Waals surface area contributed by atoms with Gasteiger partial charge in [0, 0.05) is 6.04 Å². The summed E-state index contributed by atoms with van der Waals surface area (Å²) in [7, 11) is 1.95. The minimum absolute atomic E-state index is 0.505. The fourth-order valence-electron chi connectivity index (χ4n) is 0.530. The largest absolute Gasteiger partial charge is 0.371 e. The van der Waals surface area contributed by atoms with Crippen molar-refractivity contribution < 1.29 is 4.74 Å². The predicted octanol–water partition coefficient (Wildman–Crippen LogP) is -0.00690. The maximum Gasteiger partial charge on any atom is 0.0959 e. The Balaban J connectivity index is 2.10. The van der Waals surface area contributed by atoms with E-state index >= 15 is 0 Å². The Morgan fingerprint density at radius 3 is 2.57 bits per heavy atom. The first-order valence-corrected chi connectivity index (χ1v) is 2.63. The van der Waals surface area contributed by atoms with E-state index < -0.39 is 0 Å². The molecule has 7 heavy (non-hydrogen) atoms. The highest BCUT2D eigenvalue weighted by atomic mass is 16.6. The van der Waals surface area contributed by atoms with E-state index in [-0.39, 0.29) is 0 Å². The Labute approximate surface area is 43.9 Å². The van der Waals surface area contributed by atoms with Gasteiger partial charge in [0.2, 0.25) is 0 Å². The molecular weight excluding hydrogens is 90.1 g/mol. The third-order valence-electron chi connectivity index (χ3n) is 1.37. The molecule has 0 aromatic heterocycles. The lowest BCUT2D eigenvalue weighted by atomic mass is 10.3. The molecule has 0 spiro atoms. The van der Waals surface area contributed by atoms with E-state index in [1.54, 1.807) is 0 Å². The molecule has 0 aromatic carbocycles. The zero-order valence-corrected chi connectivity index (χ0v) is 4.77. The smallest absolute Gasteiger partial charge is 0.0959 e. The first kappa shape index (κ1) is 5.06. The minimum atomic E-state index is 0.505. The van der Waals surface area contributed by atoms with Crippen LogP contribution in [0.2, 0.25) is 0 Å². The van der Waals surface area contributed by atoms with Gasteiger partial charge in [0.25, 0.3) is 0 Å². The topological polar surface area (TPSA) is 24.6 Å². The molecule has 1 rings (SSSR count).